The Balaban J connectivity index is 1.61. The molecule has 0 aliphatic carbocycles. The minimum absolute atomic E-state index is 0.0343. The Morgan fingerprint density at radius 3 is 2.48 bits per heavy atom. The highest BCUT2D eigenvalue weighted by Crippen LogP contribution is 2.21. The number of nitrogens with zero attached hydrogens (tertiary/aromatic N) is 1. The molecule has 3 N–H and O–H groups in total. The van der Waals surface area contributed by atoms with Crippen LogP contribution in [0, 0.1) is 6.92 Å². The van der Waals surface area contributed by atoms with Crippen LogP contribution >= 0.6 is 0 Å². The summed E-state index contributed by atoms with van der Waals surface area (Å²) in [6.45, 7) is 8.04. The van der Waals surface area contributed by atoms with Gasteiger partial charge < -0.3 is 15.6 Å². The highest BCUT2D eigenvalue weighted by atomic mass is 16.2. The van der Waals surface area contributed by atoms with Crippen molar-refractivity contribution in [1.82, 2.24) is 9.88 Å². The molecule has 2 aromatic carbocycles. The number of rotatable bonds is 8. The van der Waals surface area contributed by atoms with Crippen LogP contribution in [0.15, 0.2) is 48.7 Å². The van der Waals surface area contributed by atoms with Gasteiger partial charge in [0.1, 0.15) is 0 Å². The van der Waals surface area contributed by atoms with E-state index in [1.54, 1.807) is 0 Å². The van der Waals surface area contributed by atoms with Gasteiger partial charge in [-0.3, -0.25) is 14.5 Å². The quantitative estimate of drug-likeness (QED) is 0.543. The Morgan fingerprint density at radius 1 is 1.00 bits per heavy atom. The van der Waals surface area contributed by atoms with E-state index in [9.17, 15) is 9.59 Å². The smallest absolute Gasteiger partial charge is 0.238 e. The van der Waals surface area contributed by atoms with Crippen molar-refractivity contribution in [2.45, 2.75) is 27.2 Å². The SMILES string of the molecule is CCN(CC)CC(=O)Nc1ccc(NC(=O)Cc2c[nH]c3ccccc23)cc1C. The van der Waals surface area contributed by atoms with Gasteiger partial charge in [0.25, 0.3) is 0 Å². The summed E-state index contributed by atoms with van der Waals surface area (Å²) in [7, 11) is 0. The van der Waals surface area contributed by atoms with Crippen LogP contribution in [0.5, 0.6) is 0 Å². The van der Waals surface area contributed by atoms with Gasteiger partial charge in [0.05, 0.1) is 13.0 Å². The van der Waals surface area contributed by atoms with E-state index in [0.29, 0.717) is 18.7 Å². The molecular weight excluding hydrogens is 364 g/mol. The van der Waals surface area contributed by atoms with Crippen molar-refractivity contribution in [2.24, 2.45) is 0 Å². The van der Waals surface area contributed by atoms with E-state index in [0.717, 1.165) is 40.8 Å². The molecule has 0 fully saturated rings. The second-order valence-corrected chi connectivity index (χ2v) is 7.12. The Hall–Kier alpha value is -3.12. The van der Waals surface area contributed by atoms with Gasteiger partial charge in [-0.25, -0.2) is 0 Å². The summed E-state index contributed by atoms with van der Waals surface area (Å²) in [4.78, 5) is 29.9. The van der Waals surface area contributed by atoms with Crippen molar-refractivity contribution in [3.05, 3.63) is 59.8 Å². The van der Waals surface area contributed by atoms with Crippen LogP contribution in [0.1, 0.15) is 25.0 Å². The molecule has 0 saturated heterocycles. The van der Waals surface area contributed by atoms with E-state index >= 15 is 0 Å². The fourth-order valence-electron chi connectivity index (χ4n) is 3.38. The number of hydrogen-bond donors (Lipinski definition) is 3. The maximum atomic E-state index is 12.5. The van der Waals surface area contributed by atoms with Gasteiger partial charge in [-0.2, -0.15) is 0 Å². The van der Waals surface area contributed by atoms with Crippen molar-refractivity contribution in [2.75, 3.05) is 30.3 Å². The molecule has 0 bridgehead atoms. The molecule has 3 aromatic rings. The Bertz CT molecular complexity index is 1010. The number of nitrogens with one attached hydrogen (secondary N) is 3. The third-order valence-electron chi connectivity index (χ3n) is 5.07. The number of para-hydroxylation sites is 1. The molecule has 0 aliphatic rings. The average Bonchev–Trinajstić information content (AvgIpc) is 3.11. The molecule has 2 amide bonds. The molecule has 1 heterocycles. The number of fused-ring (bicyclic) bond motifs is 1. The highest BCUT2D eigenvalue weighted by Gasteiger charge is 2.11. The molecule has 6 nitrogen and oxygen atoms in total. The zero-order valence-corrected chi connectivity index (χ0v) is 17.2. The molecule has 3 rings (SSSR count). The average molecular weight is 393 g/mol. The van der Waals surface area contributed by atoms with Crippen molar-refractivity contribution >= 4 is 34.1 Å². The third-order valence-corrected chi connectivity index (χ3v) is 5.07. The molecule has 0 atom stereocenters. The normalized spacial score (nSPS) is 11.0. The lowest BCUT2D eigenvalue weighted by Gasteiger charge is -2.18. The van der Waals surface area contributed by atoms with Gasteiger partial charge >= 0.3 is 0 Å². The maximum absolute atomic E-state index is 12.5. The molecule has 0 spiro atoms. The molecule has 1 aromatic heterocycles. The topological polar surface area (TPSA) is 77.2 Å². The monoisotopic (exact) mass is 392 g/mol. The van der Waals surface area contributed by atoms with Crippen molar-refractivity contribution in [3.8, 4) is 0 Å². The summed E-state index contributed by atoms with van der Waals surface area (Å²) >= 11 is 0. The molecular formula is C23H28N4O2. The van der Waals surface area contributed by atoms with E-state index in [2.05, 4.69) is 20.5 Å². The number of aromatic amines is 1. The predicted molar refractivity (Wildman–Crippen MR) is 118 cm³/mol. The lowest BCUT2D eigenvalue weighted by atomic mass is 10.1. The molecule has 6 heteroatoms. The van der Waals surface area contributed by atoms with Gasteiger partial charge in [-0.05, 0) is 55.4 Å². The number of aryl methyl sites for hydroxylation is 1. The zero-order chi connectivity index (χ0) is 20.8. The second-order valence-electron chi connectivity index (χ2n) is 7.12. The number of likely N-dealkylation sites (N-methyl/N-ethyl adjacent to an activating group) is 1. The van der Waals surface area contributed by atoms with Crippen molar-refractivity contribution in [3.63, 3.8) is 0 Å². The first-order chi connectivity index (χ1) is 14.0. The van der Waals surface area contributed by atoms with Crippen LogP contribution in [0.3, 0.4) is 0 Å². The minimum atomic E-state index is -0.0764. The fourth-order valence-corrected chi connectivity index (χ4v) is 3.38. The number of carbonyl (C=O) groups is 2. The predicted octanol–water partition coefficient (Wildman–Crippen LogP) is 3.94. The summed E-state index contributed by atoms with van der Waals surface area (Å²) in [5.74, 6) is -0.111. The lowest BCUT2D eigenvalue weighted by Crippen LogP contribution is -2.33. The van der Waals surface area contributed by atoms with Crippen LogP contribution in [-0.4, -0.2) is 41.3 Å². The molecule has 0 aliphatic heterocycles. The Kier molecular flexibility index (Phi) is 6.67. The zero-order valence-electron chi connectivity index (χ0n) is 17.2. The lowest BCUT2D eigenvalue weighted by molar-refractivity contribution is -0.117. The number of H-pyrrole nitrogens is 1. The van der Waals surface area contributed by atoms with Crippen molar-refractivity contribution < 1.29 is 9.59 Å². The van der Waals surface area contributed by atoms with Crippen LogP contribution in [-0.2, 0) is 16.0 Å². The standard InChI is InChI=1S/C23H28N4O2/c1-4-27(5-2)15-23(29)26-20-11-10-18(12-16(20)3)25-22(28)13-17-14-24-21-9-7-6-8-19(17)21/h6-12,14,24H,4-5,13,15H2,1-3H3,(H,25,28)(H,26,29). The summed E-state index contributed by atoms with van der Waals surface area (Å²) < 4.78 is 0. The van der Waals surface area contributed by atoms with E-state index in [4.69, 9.17) is 0 Å². The van der Waals surface area contributed by atoms with E-state index in [1.165, 1.54) is 0 Å². The number of amides is 2. The number of anilines is 2. The van der Waals surface area contributed by atoms with Crippen LogP contribution in [0.4, 0.5) is 11.4 Å². The first-order valence-electron chi connectivity index (χ1n) is 9.97. The molecule has 0 saturated carbocycles. The van der Waals surface area contributed by atoms with Crippen molar-refractivity contribution in [1.29, 1.82) is 0 Å². The second kappa shape index (κ2) is 9.39. The van der Waals surface area contributed by atoms with Crippen LogP contribution < -0.4 is 10.6 Å². The number of hydrogen-bond acceptors (Lipinski definition) is 3. The molecule has 0 radical (unpaired) electrons. The first-order valence-corrected chi connectivity index (χ1v) is 9.97. The number of benzene rings is 2. The van der Waals surface area contributed by atoms with Gasteiger partial charge in [0, 0.05) is 28.5 Å². The minimum Gasteiger partial charge on any atom is -0.361 e. The van der Waals surface area contributed by atoms with Gasteiger partial charge in [-0.1, -0.05) is 32.0 Å². The summed E-state index contributed by atoms with van der Waals surface area (Å²) in [6, 6.07) is 13.5. The summed E-state index contributed by atoms with van der Waals surface area (Å²) in [6.07, 6.45) is 2.18. The summed E-state index contributed by atoms with van der Waals surface area (Å²) in [5.41, 5.74) is 4.37. The van der Waals surface area contributed by atoms with Gasteiger partial charge in [0.2, 0.25) is 11.8 Å². The Labute approximate surface area is 171 Å². The maximum Gasteiger partial charge on any atom is 0.238 e. The van der Waals surface area contributed by atoms with Gasteiger partial charge in [0.15, 0.2) is 0 Å². The van der Waals surface area contributed by atoms with E-state index in [-0.39, 0.29) is 11.8 Å². The molecule has 152 valence electrons. The molecule has 29 heavy (non-hydrogen) atoms. The van der Waals surface area contributed by atoms with E-state index < -0.39 is 0 Å². The first kappa shape index (κ1) is 20.6. The van der Waals surface area contributed by atoms with Gasteiger partial charge in [-0.15, -0.1) is 0 Å². The highest BCUT2D eigenvalue weighted by molar-refractivity contribution is 5.97. The fraction of sp³-hybridized carbons (Fsp3) is 0.304. The van der Waals surface area contributed by atoms with Crippen LogP contribution in [0.2, 0.25) is 0 Å². The van der Waals surface area contributed by atoms with Crippen LogP contribution in [0.25, 0.3) is 10.9 Å². The number of aromatic nitrogens is 1. The summed E-state index contributed by atoms with van der Waals surface area (Å²) in [5, 5.41) is 6.95. The van der Waals surface area contributed by atoms with E-state index in [1.807, 2.05) is 69.4 Å². The molecule has 0 unspecified atom stereocenters. The largest absolute Gasteiger partial charge is 0.361 e. The Morgan fingerprint density at radius 2 is 1.76 bits per heavy atom. The number of carbonyl (C=O) groups excluding carboxylic acids is 2. The third kappa shape index (κ3) is 5.23.